The molecule has 0 aromatic heterocycles. The highest BCUT2D eigenvalue weighted by molar-refractivity contribution is 5.81. The van der Waals surface area contributed by atoms with E-state index in [9.17, 15) is 19.2 Å². The van der Waals surface area contributed by atoms with Gasteiger partial charge in [-0.2, -0.15) is 0 Å². The fraction of sp³-hybridized carbons (Fsp3) is 0.826. The maximum Gasteiger partial charge on any atom is 0.225 e. The molecule has 0 aromatic rings. The number of hydrogen-bond donors (Lipinski definition) is 0. The van der Waals surface area contributed by atoms with Crippen LogP contribution in [0.2, 0.25) is 0 Å². The molecular weight excluding hydrogens is 396 g/mol. The monoisotopic (exact) mass is 436 g/mol. The molecule has 2 rings (SSSR count). The largest absolute Gasteiger partial charge is 0.344 e. The van der Waals surface area contributed by atoms with Crippen LogP contribution < -0.4 is 0 Å². The first kappa shape index (κ1) is 25.1. The molecule has 0 aromatic carbocycles. The molecule has 2 aliphatic rings. The second-order valence-electron chi connectivity index (χ2n) is 9.41. The lowest BCUT2D eigenvalue weighted by Gasteiger charge is -2.27. The van der Waals surface area contributed by atoms with E-state index in [1.165, 1.54) is 0 Å². The molecule has 0 spiro atoms. The van der Waals surface area contributed by atoms with Gasteiger partial charge < -0.3 is 19.6 Å². The SMILES string of the molecule is CC(C)C[C@@H](CCC(=O)N(C)CCN1CCCC1=O)C(=O)N(C)CCN1CCCC1=O. The van der Waals surface area contributed by atoms with Crippen molar-refractivity contribution in [3.05, 3.63) is 0 Å². The van der Waals surface area contributed by atoms with E-state index in [1.54, 1.807) is 23.9 Å². The molecule has 4 amide bonds. The highest BCUT2D eigenvalue weighted by atomic mass is 16.2. The molecule has 176 valence electrons. The number of amides is 4. The van der Waals surface area contributed by atoms with Gasteiger partial charge in [0.1, 0.15) is 0 Å². The molecule has 8 heteroatoms. The summed E-state index contributed by atoms with van der Waals surface area (Å²) in [6.07, 6.45) is 4.60. The van der Waals surface area contributed by atoms with Crippen molar-refractivity contribution in [3.8, 4) is 0 Å². The predicted molar refractivity (Wildman–Crippen MR) is 119 cm³/mol. The third-order valence-electron chi connectivity index (χ3n) is 6.37. The molecule has 8 nitrogen and oxygen atoms in total. The van der Waals surface area contributed by atoms with Gasteiger partial charge in [0.2, 0.25) is 23.6 Å². The summed E-state index contributed by atoms with van der Waals surface area (Å²) in [4.78, 5) is 56.2. The molecule has 0 saturated carbocycles. The first-order valence-corrected chi connectivity index (χ1v) is 11.7. The molecule has 2 aliphatic heterocycles. The molecule has 0 aliphatic carbocycles. The van der Waals surface area contributed by atoms with E-state index in [0.717, 1.165) is 32.4 Å². The summed E-state index contributed by atoms with van der Waals surface area (Å²) in [7, 11) is 3.55. The summed E-state index contributed by atoms with van der Waals surface area (Å²) in [6, 6.07) is 0. The average Bonchev–Trinajstić information content (AvgIpc) is 3.33. The minimum atomic E-state index is -0.197. The first-order valence-electron chi connectivity index (χ1n) is 11.7. The van der Waals surface area contributed by atoms with Crippen molar-refractivity contribution in [1.29, 1.82) is 0 Å². The maximum atomic E-state index is 13.0. The fourth-order valence-corrected chi connectivity index (χ4v) is 4.37. The summed E-state index contributed by atoms with van der Waals surface area (Å²) in [6.45, 7) is 7.93. The van der Waals surface area contributed by atoms with E-state index in [-0.39, 0.29) is 29.5 Å². The summed E-state index contributed by atoms with van der Waals surface area (Å²) in [5, 5.41) is 0. The number of likely N-dealkylation sites (tertiary alicyclic amines) is 2. The minimum absolute atomic E-state index is 0.0125. The first-order chi connectivity index (χ1) is 14.7. The Kier molecular flexibility index (Phi) is 9.78. The number of hydrogen-bond acceptors (Lipinski definition) is 4. The average molecular weight is 437 g/mol. The van der Waals surface area contributed by atoms with Gasteiger partial charge in [-0.3, -0.25) is 19.2 Å². The molecular formula is C23H40N4O4. The Morgan fingerprint density at radius 1 is 0.903 bits per heavy atom. The fourth-order valence-electron chi connectivity index (χ4n) is 4.37. The normalized spacial score (nSPS) is 17.6. The van der Waals surface area contributed by atoms with Crippen LogP contribution in [-0.4, -0.2) is 96.6 Å². The van der Waals surface area contributed by atoms with Gasteiger partial charge in [-0.15, -0.1) is 0 Å². The van der Waals surface area contributed by atoms with Crippen LogP contribution in [0.15, 0.2) is 0 Å². The van der Waals surface area contributed by atoms with Crippen LogP contribution in [-0.2, 0) is 19.2 Å². The van der Waals surface area contributed by atoms with Gasteiger partial charge >= 0.3 is 0 Å². The Labute approximate surface area is 186 Å². The van der Waals surface area contributed by atoms with Crippen molar-refractivity contribution in [1.82, 2.24) is 19.6 Å². The van der Waals surface area contributed by atoms with E-state index < -0.39 is 0 Å². The Balaban J connectivity index is 1.80. The van der Waals surface area contributed by atoms with E-state index in [1.807, 2.05) is 9.80 Å². The van der Waals surface area contributed by atoms with Gasteiger partial charge in [-0.25, -0.2) is 0 Å². The Morgan fingerprint density at radius 2 is 1.42 bits per heavy atom. The Hall–Kier alpha value is -2.12. The second kappa shape index (κ2) is 12.1. The van der Waals surface area contributed by atoms with Gasteiger partial charge in [0.15, 0.2) is 0 Å². The van der Waals surface area contributed by atoms with E-state index in [2.05, 4.69) is 13.8 Å². The Morgan fingerprint density at radius 3 is 1.87 bits per heavy atom. The van der Waals surface area contributed by atoms with E-state index in [0.29, 0.717) is 57.8 Å². The zero-order valence-corrected chi connectivity index (χ0v) is 19.8. The van der Waals surface area contributed by atoms with Crippen LogP contribution >= 0.6 is 0 Å². The second-order valence-corrected chi connectivity index (χ2v) is 9.41. The van der Waals surface area contributed by atoms with Gasteiger partial charge in [-0.05, 0) is 31.6 Å². The van der Waals surface area contributed by atoms with Crippen molar-refractivity contribution in [3.63, 3.8) is 0 Å². The van der Waals surface area contributed by atoms with Crippen molar-refractivity contribution >= 4 is 23.6 Å². The standard InChI is InChI=1S/C23H40N4O4/c1-18(2)17-19(23(31)25(4)14-16-27-12-6-8-22(27)30)9-10-20(28)24(3)13-15-26-11-5-7-21(26)29/h18-19H,5-17H2,1-4H3/t19-/m1/s1. The highest BCUT2D eigenvalue weighted by Gasteiger charge is 2.27. The van der Waals surface area contributed by atoms with Crippen molar-refractivity contribution < 1.29 is 19.2 Å². The number of carbonyl (C=O) groups excluding carboxylic acids is 4. The third kappa shape index (κ3) is 7.82. The van der Waals surface area contributed by atoms with Crippen LogP contribution in [0.25, 0.3) is 0 Å². The van der Waals surface area contributed by atoms with Gasteiger partial charge in [-0.1, -0.05) is 13.8 Å². The van der Waals surface area contributed by atoms with E-state index in [4.69, 9.17) is 0 Å². The molecule has 2 heterocycles. The third-order valence-corrected chi connectivity index (χ3v) is 6.37. The number of likely N-dealkylation sites (N-methyl/N-ethyl adjacent to an activating group) is 2. The van der Waals surface area contributed by atoms with Crippen LogP contribution in [0, 0.1) is 11.8 Å². The molecule has 0 unspecified atom stereocenters. The number of nitrogens with zero attached hydrogens (tertiary/aromatic N) is 4. The molecule has 0 radical (unpaired) electrons. The lowest BCUT2D eigenvalue weighted by atomic mass is 9.91. The van der Waals surface area contributed by atoms with Crippen molar-refractivity contribution in [2.45, 2.75) is 58.8 Å². The Bertz CT molecular complexity index is 651. The molecule has 0 N–H and O–H groups in total. The van der Waals surface area contributed by atoms with Crippen LogP contribution in [0.4, 0.5) is 0 Å². The number of carbonyl (C=O) groups is 4. The smallest absolute Gasteiger partial charge is 0.225 e. The molecule has 31 heavy (non-hydrogen) atoms. The summed E-state index contributed by atoms with van der Waals surface area (Å²) in [5.41, 5.74) is 0. The lowest BCUT2D eigenvalue weighted by molar-refractivity contribution is -0.137. The molecule has 0 bridgehead atoms. The van der Waals surface area contributed by atoms with E-state index >= 15 is 0 Å². The lowest BCUT2D eigenvalue weighted by Crippen LogP contribution is -2.40. The van der Waals surface area contributed by atoms with Gasteiger partial charge in [0.25, 0.3) is 0 Å². The van der Waals surface area contributed by atoms with Crippen LogP contribution in [0.1, 0.15) is 58.8 Å². The van der Waals surface area contributed by atoms with Crippen molar-refractivity contribution in [2.75, 3.05) is 53.4 Å². The zero-order valence-electron chi connectivity index (χ0n) is 19.8. The molecule has 2 saturated heterocycles. The van der Waals surface area contributed by atoms with Crippen LogP contribution in [0.3, 0.4) is 0 Å². The van der Waals surface area contributed by atoms with Gasteiger partial charge in [0, 0.05) is 78.5 Å². The van der Waals surface area contributed by atoms with Gasteiger partial charge in [0.05, 0.1) is 0 Å². The topological polar surface area (TPSA) is 81.2 Å². The molecule has 1 atom stereocenters. The summed E-state index contributed by atoms with van der Waals surface area (Å²) < 4.78 is 0. The predicted octanol–water partition coefficient (Wildman–Crippen LogP) is 1.59. The summed E-state index contributed by atoms with van der Waals surface area (Å²) in [5.74, 6) is 0.566. The summed E-state index contributed by atoms with van der Waals surface area (Å²) >= 11 is 0. The molecule has 2 fully saturated rings. The van der Waals surface area contributed by atoms with Crippen molar-refractivity contribution in [2.24, 2.45) is 11.8 Å². The minimum Gasteiger partial charge on any atom is -0.344 e. The zero-order chi connectivity index (χ0) is 23.0. The maximum absolute atomic E-state index is 13.0. The quantitative estimate of drug-likeness (QED) is 0.465. The van der Waals surface area contributed by atoms with Crippen LogP contribution in [0.5, 0.6) is 0 Å². The highest BCUT2D eigenvalue weighted by Crippen LogP contribution is 2.21. The number of rotatable bonds is 12.